The molecule has 0 heterocycles. The minimum absolute atomic E-state index is 0.184. The Hall–Kier alpha value is -1.22. The van der Waals surface area contributed by atoms with E-state index in [0.717, 1.165) is 0 Å². The average molecular weight is 138 g/mol. The highest BCUT2D eigenvalue weighted by Gasteiger charge is 1.89. The highest BCUT2D eigenvalue weighted by molar-refractivity contribution is 5.43. The van der Waals surface area contributed by atoms with E-state index in [9.17, 15) is 0 Å². The quantitative estimate of drug-likeness (QED) is 0.463. The minimum atomic E-state index is 0.184. The van der Waals surface area contributed by atoms with Crippen molar-refractivity contribution in [2.24, 2.45) is 5.73 Å². The minimum Gasteiger partial charge on any atom is -0.479 e. The molecule has 0 unspecified atom stereocenters. The van der Waals surface area contributed by atoms with E-state index in [1.165, 1.54) is 0 Å². The van der Waals surface area contributed by atoms with Crippen molar-refractivity contribution in [3.8, 4) is 5.75 Å². The third-order valence-electron chi connectivity index (χ3n) is 1.11. The van der Waals surface area contributed by atoms with Crippen molar-refractivity contribution < 1.29 is 4.74 Å². The van der Waals surface area contributed by atoms with Crippen molar-refractivity contribution in [3.05, 3.63) is 24.3 Å². The van der Waals surface area contributed by atoms with Gasteiger partial charge >= 0.3 is 0 Å². The zero-order valence-electron chi connectivity index (χ0n) is 5.58. The maximum atomic E-state index is 5.47. The summed E-state index contributed by atoms with van der Waals surface area (Å²) in [5, 5.41) is 0. The molecule has 1 rings (SSSR count). The van der Waals surface area contributed by atoms with Gasteiger partial charge in [0.15, 0.2) is 0 Å². The number of hydrogen-bond acceptors (Lipinski definition) is 3. The van der Waals surface area contributed by atoms with Gasteiger partial charge in [0.2, 0.25) is 0 Å². The van der Waals surface area contributed by atoms with Crippen LogP contribution in [0.5, 0.6) is 5.75 Å². The summed E-state index contributed by atoms with van der Waals surface area (Å²) in [5.74, 6) is 0.711. The molecule has 4 N–H and O–H groups in total. The monoisotopic (exact) mass is 138 g/mol. The van der Waals surface area contributed by atoms with Crippen LogP contribution in [0.15, 0.2) is 24.3 Å². The molecule has 10 heavy (non-hydrogen) atoms. The van der Waals surface area contributed by atoms with Gasteiger partial charge in [-0.1, -0.05) is 6.07 Å². The van der Waals surface area contributed by atoms with E-state index in [4.69, 9.17) is 16.2 Å². The van der Waals surface area contributed by atoms with Gasteiger partial charge in [0.05, 0.1) is 0 Å². The van der Waals surface area contributed by atoms with Gasteiger partial charge in [-0.2, -0.15) is 0 Å². The molecule has 0 aliphatic rings. The second-order valence-electron chi connectivity index (χ2n) is 1.88. The molecule has 0 spiro atoms. The van der Waals surface area contributed by atoms with Gasteiger partial charge in [-0.05, 0) is 12.1 Å². The Bertz CT molecular complexity index is 213. The molecular formula is C7H10N2O. The first-order valence-corrected chi connectivity index (χ1v) is 3.01. The predicted molar refractivity (Wildman–Crippen MR) is 40.5 cm³/mol. The summed E-state index contributed by atoms with van der Waals surface area (Å²) in [7, 11) is 0. The SMILES string of the molecule is NCOc1cccc(N)c1. The van der Waals surface area contributed by atoms with Gasteiger partial charge in [0, 0.05) is 11.8 Å². The molecule has 0 atom stereocenters. The summed E-state index contributed by atoms with van der Waals surface area (Å²) in [6.07, 6.45) is 0. The van der Waals surface area contributed by atoms with Crippen LogP contribution in [0, 0.1) is 0 Å². The number of nitrogen functional groups attached to an aromatic ring is 1. The number of nitrogens with two attached hydrogens (primary N) is 2. The van der Waals surface area contributed by atoms with E-state index in [2.05, 4.69) is 0 Å². The molecule has 3 heteroatoms. The number of hydrogen-bond donors (Lipinski definition) is 2. The Morgan fingerprint density at radius 1 is 1.40 bits per heavy atom. The van der Waals surface area contributed by atoms with Crippen LogP contribution >= 0.6 is 0 Å². The average Bonchev–Trinajstić information content (AvgIpc) is 1.88. The molecule has 1 aromatic rings. The van der Waals surface area contributed by atoms with Crippen molar-refractivity contribution in [3.63, 3.8) is 0 Å². The lowest BCUT2D eigenvalue weighted by atomic mass is 10.3. The van der Waals surface area contributed by atoms with Crippen LogP contribution in [0.1, 0.15) is 0 Å². The lowest BCUT2D eigenvalue weighted by Gasteiger charge is -2.01. The maximum absolute atomic E-state index is 5.47. The molecule has 3 nitrogen and oxygen atoms in total. The first-order valence-electron chi connectivity index (χ1n) is 3.01. The van der Waals surface area contributed by atoms with E-state index in [1.54, 1.807) is 12.1 Å². The van der Waals surface area contributed by atoms with Gasteiger partial charge in [-0.3, -0.25) is 5.73 Å². The Kier molecular flexibility index (Phi) is 2.12. The lowest BCUT2D eigenvalue weighted by molar-refractivity contribution is 0.330. The first-order chi connectivity index (χ1) is 4.83. The van der Waals surface area contributed by atoms with Crippen LogP contribution in [0.4, 0.5) is 5.69 Å². The van der Waals surface area contributed by atoms with Crippen LogP contribution in [0.2, 0.25) is 0 Å². The third-order valence-corrected chi connectivity index (χ3v) is 1.11. The van der Waals surface area contributed by atoms with E-state index < -0.39 is 0 Å². The molecule has 0 fully saturated rings. The number of rotatable bonds is 2. The summed E-state index contributed by atoms with van der Waals surface area (Å²) in [4.78, 5) is 0. The van der Waals surface area contributed by atoms with Gasteiger partial charge in [-0.15, -0.1) is 0 Å². The van der Waals surface area contributed by atoms with Gasteiger partial charge in [0.25, 0.3) is 0 Å². The lowest BCUT2D eigenvalue weighted by Crippen LogP contribution is -2.07. The molecule has 0 radical (unpaired) electrons. The summed E-state index contributed by atoms with van der Waals surface area (Å²) in [6, 6.07) is 7.15. The second-order valence-corrected chi connectivity index (χ2v) is 1.88. The van der Waals surface area contributed by atoms with Crippen LogP contribution in [0.25, 0.3) is 0 Å². The fraction of sp³-hybridized carbons (Fsp3) is 0.143. The predicted octanol–water partition coefficient (Wildman–Crippen LogP) is 0.564. The zero-order valence-corrected chi connectivity index (χ0v) is 5.58. The molecule has 0 aliphatic heterocycles. The fourth-order valence-electron chi connectivity index (χ4n) is 0.701. The van der Waals surface area contributed by atoms with Crippen LogP contribution in [0.3, 0.4) is 0 Å². The maximum Gasteiger partial charge on any atom is 0.137 e. The van der Waals surface area contributed by atoms with Crippen LogP contribution in [-0.2, 0) is 0 Å². The Labute approximate surface area is 59.6 Å². The van der Waals surface area contributed by atoms with Crippen molar-refractivity contribution in [2.45, 2.75) is 0 Å². The van der Waals surface area contributed by atoms with E-state index in [0.29, 0.717) is 11.4 Å². The molecule has 0 amide bonds. The Balaban J connectivity index is 2.75. The van der Waals surface area contributed by atoms with Crippen molar-refractivity contribution >= 4 is 5.69 Å². The van der Waals surface area contributed by atoms with E-state index in [1.807, 2.05) is 12.1 Å². The molecule has 1 aromatic carbocycles. The number of ether oxygens (including phenoxy) is 1. The molecule has 0 aromatic heterocycles. The first kappa shape index (κ1) is 6.89. The Morgan fingerprint density at radius 2 is 2.20 bits per heavy atom. The molecule has 0 bridgehead atoms. The summed E-state index contributed by atoms with van der Waals surface area (Å²) < 4.78 is 4.98. The molecule has 0 saturated carbocycles. The summed E-state index contributed by atoms with van der Waals surface area (Å²) in [6.45, 7) is 0.184. The highest BCUT2D eigenvalue weighted by Crippen LogP contribution is 2.13. The normalized spacial score (nSPS) is 9.30. The molecule has 54 valence electrons. The number of anilines is 1. The van der Waals surface area contributed by atoms with Crippen molar-refractivity contribution in [1.82, 2.24) is 0 Å². The molecule has 0 saturated heterocycles. The van der Waals surface area contributed by atoms with Gasteiger partial charge in [-0.25, -0.2) is 0 Å². The largest absolute Gasteiger partial charge is 0.479 e. The van der Waals surface area contributed by atoms with Gasteiger partial charge < -0.3 is 10.5 Å². The van der Waals surface area contributed by atoms with E-state index >= 15 is 0 Å². The fourth-order valence-corrected chi connectivity index (χ4v) is 0.701. The highest BCUT2D eigenvalue weighted by atomic mass is 16.5. The zero-order chi connectivity index (χ0) is 7.40. The molecular weight excluding hydrogens is 128 g/mol. The summed E-state index contributed by atoms with van der Waals surface area (Å²) >= 11 is 0. The topological polar surface area (TPSA) is 61.3 Å². The van der Waals surface area contributed by atoms with Crippen molar-refractivity contribution in [2.75, 3.05) is 12.5 Å². The van der Waals surface area contributed by atoms with E-state index in [-0.39, 0.29) is 6.73 Å². The van der Waals surface area contributed by atoms with Crippen LogP contribution in [-0.4, -0.2) is 6.73 Å². The van der Waals surface area contributed by atoms with Crippen molar-refractivity contribution in [1.29, 1.82) is 0 Å². The smallest absolute Gasteiger partial charge is 0.137 e. The molecule has 0 aliphatic carbocycles. The standard InChI is InChI=1S/C7H10N2O/c8-5-10-7-3-1-2-6(9)4-7/h1-4H,5,8-9H2. The van der Waals surface area contributed by atoms with Gasteiger partial charge in [0.1, 0.15) is 12.5 Å². The number of benzene rings is 1. The summed E-state index contributed by atoms with van der Waals surface area (Å²) in [5.41, 5.74) is 11.3. The second kappa shape index (κ2) is 3.08. The van der Waals surface area contributed by atoms with Crippen LogP contribution < -0.4 is 16.2 Å². The Morgan fingerprint density at radius 3 is 2.80 bits per heavy atom. The third kappa shape index (κ3) is 1.63.